The molecule has 21 heavy (non-hydrogen) atoms. The summed E-state index contributed by atoms with van der Waals surface area (Å²) in [5.74, 6) is -1.08. The average Bonchev–Trinajstić information content (AvgIpc) is 3.23. The summed E-state index contributed by atoms with van der Waals surface area (Å²) in [4.78, 5) is 23.1. The summed E-state index contributed by atoms with van der Waals surface area (Å²) in [5.41, 5.74) is 0. The van der Waals surface area contributed by atoms with Gasteiger partial charge in [0.05, 0.1) is 10.0 Å². The van der Waals surface area contributed by atoms with Crippen molar-refractivity contribution in [3.63, 3.8) is 0 Å². The van der Waals surface area contributed by atoms with Gasteiger partial charge in [0.1, 0.15) is 11.8 Å². The maximum absolute atomic E-state index is 12.0. The summed E-state index contributed by atoms with van der Waals surface area (Å²) >= 11 is 11.7. The Labute approximate surface area is 132 Å². The highest BCUT2D eigenvalue weighted by atomic mass is 35.5. The first-order valence-corrected chi connectivity index (χ1v) is 7.29. The molecule has 0 radical (unpaired) electrons. The molecule has 0 bridgehead atoms. The molecule has 0 spiro atoms. The summed E-state index contributed by atoms with van der Waals surface area (Å²) in [5, 5.41) is 12.3. The minimum Gasteiger partial charge on any atom is -0.481 e. The number of ether oxygens (including phenoxy) is 1. The van der Waals surface area contributed by atoms with Crippen LogP contribution in [0, 0.1) is 5.92 Å². The molecule has 0 heterocycles. The number of amides is 1. The Hall–Kier alpha value is -1.46. The van der Waals surface area contributed by atoms with Crippen molar-refractivity contribution >= 4 is 35.1 Å². The zero-order valence-electron chi connectivity index (χ0n) is 11.3. The second-order valence-corrected chi connectivity index (χ2v) is 5.81. The molecule has 1 aliphatic rings. The van der Waals surface area contributed by atoms with E-state index in [1.54, 1.807) is 19.1 Å². The minimum atomic E-state index is -1.02. The number of rotatable bonds is 6. The van der Waals surface area contributed by atoms with Gasteiger partial charge in [-0.2, -0.15) is 0 Å². The molecule has 0 aromatic heterocycles. The van der Waals surface area contributed by atoms with E-state index in [-0.39, 0.29) is 5.92 Å². The molecule has 2 N–H and O–H groups in total. The molecule has 1 fully saturated rings. The number of nitrogens with one attached hydrogen (secondary N) is 1. The van der Waals surface area contributed by atoms with Crippen molar-refractivity contribution in [1.29, 1.82) is 0 Å². The van der Waals surface area contributed by atoms with Crippen LogP contribution in [-0.2, 0) is 9.59 Å². The van der Waals surface area contributed by atoms with Crippen LogP contribution in [0.4, 0.5) is 0 Å². The number of carboxylic acid groups (broad SMARTS) is 1. The van der Waals surface area contributed by atoms with Gasteiger partial charge in [0.15, 0.2) is 6.10 Å². The fraction of sp³-hybridized carbons (Fsp3) is 0.429. The zero-order valence-corrected chi connectivity index (χ0v) is 12.8. The molecular formula is C14H15Cl2NO4. The predicted octanol–water partition coefficient (Wildman–Crippen LogP) is 2.74. The van der Waals surface area contributed by atoms with Crippen LogP contribution in [0.5, 0.6) is 5.75 Å². The molecular weight excluding hydrogens is 317 g/mol. The van der Waals surface area contributed by atoms with Gasteiger partial charge in [-0.15, -0.1) is 0 Å². The molecule has 0 saturated heterocycles. The number of carbonyl (C=O) groups is 2. The molecule has 5 nitrogen and oxygen atoms in total. The molecule has 2 unspecified atom stereocenters. The van der Waals surface area contributed by atoms with Gasteiger partial charge in [-0.25, -0.2) is 4.79 Å². The van der Waals surface area contributed by atoms with Crippen LogP contribution in [0.2, 0.25) is 10.0 Å². The first-order valence-electron chi connectivity index (χ1n) is 6.53. The molecule has 0 aliphatic heterocycles. The van der Waals surface area contributed by atoms with Crippen molar-refractivity contribution in [3.8, 4) is 5.75 Å². The Morgan fingerprint density at radius 2 is 2.00 bits per heavy atom. The van der Waals surface area contributed by atoms with Gasteiger partial charge >= 0.3 is 5.97 Å². The van der Waals surface area contributed by atoms with E-state index < -0.39 is 24.0 Å². The monoisotopic (exact) mass is 331 g/mol. The van der Waals surface area contributed by atoms with E-state index >= 15 is 0 Å². The Balaban J connectivity index is 1.95. The molecule has 114 valence electrons. The number of hydrogen-bond acceptors (Lipinski definition) is 3. The van der Waals surface area contributed by atoms with Crippen LogP contribution in [-0.4, -0.2) is 29.1 Å². The van der Waals surface area contributed by atoms with Crippen LogP contribution < -0.4 is 10.1 Å². The lowest BCUT2D eigenvalue weighted by molar-refractivity contribution is -0.143. The molecule has 7 heteroatoms. The number of aliphatic carboxylic acids is 1. The number of carboxylic acids is 1. The molecule has 1 saturated carbocycles. The largest absolute Gasteiger partial charge is 0.481 e. The third kappa shape index (κ3) is 4.25. The summed E-state index contributed by atoms with van der Waals surface area (Å²) in [6.07, 6.45) is 0.807. The first kappa shape index (κ1) is 15.9. The Kier molecular flexibility index (Phi) is 4.96. The summed E-state index contributed by atoms with van der Waals surface area (Å²) in [6, 6.07) is 3.81. The van der Waals surface area contributed by atoms with E-state index in [2.05, 4.69) is 5.32 Å². The highest BCUT2D eigenvalue weighted by molar-refractivity contribution is 6.42. The lowest BCUT2D eigenvalue weighted by Gasteiger charge is -2.18. The maximum atomic E-state index is 12.0. The Morgan fingerprint density at radius 1 is 1.33 bits per heavy atom. The third-order valence-corrected chi connectivity index (χ3v) is 3.97. The van der Waals surface area contributed by atoms with Crippen molar-refractivity contribution in [2.45, 2.75) is 31.9 Å². The Bertz CT molecular complexity index is 560. The molecule has 2 atom stereocenters. The van der Waals surface area contributed by atoms with E-state index in [0.29, 0.717) is 15.8 Å². The fourth-order valence-corrected chi connectivity index (χ4v) is 2.18. The first-order chi connectivity index (χ1) is 9.88. The number of carbonyl (C=O) groups excluding carboxylic acids is 1. The van der Waals surface area contributed by atoms with Crippen molar-refractivity contribution in [2.75, 3.05) is 0 Å². The molecule has 1 amide bonds. The van der Waals surface area contributed by atoms with Gasteiger partial charge in [-0.1, -0.05) is 23.2 Å². The topological polar surface area (TPSA) is 75.6 Å². The standard InChI is InChI=1S/C14H15Cl2NO4/c1-7(21-9-4-5-10(15)11(16)6-9)13(18)17-12(14(19)20)8-2-3-8/h4-8,12H,2-3H2,1H3,(H,17,18)(H,19,20). The lowest BCUT2D eigenvalue weighted by atomic mass is 10.2. The van der Waals surface area contributed by atoms with Crippen molar-refractivity contribution in [1.82, 2.24) is 5.32 Å². The summed E-state index contributed by atoms with van der Waals surface area (Å²) in [6.45, 7) is 1.55. The second-order valence-electron chi connectivity index (χ2n) is 5.00. The highest BCUT2D eigenvalue weighted by Gasteiger charge is 2.38. The van der Waals surface area contributed by atoms with E-state index in [1.807, 2.05) is 0 Å². The predicted molar refractivity (Wildman–Crippen MR) is 78.8 cm³/mol. The molecule has 2 rings (SSSR count). The van der Waals surface area contributed by atoms with Crippen molar-refractivity contribution < 1.29 is 19.4 Å². The number of halogens is 2. The van der Waals surface area contributed by atoms with Crippen LogP contribution >= 0.6 is 23.2 Å². The Morgan fingerprint density at radius 3 is 2.52 bits per heavy atom. The van der Waals surface area contributed by atoms with Gasteiger partial charge in [0.25, 0.3) is 5.91 Å². The van der Waals surface area contributed by atoms with E-state index in [1.165, 1.54) is 6.07 Å². The molecule has 1 aromatic rings. The highest BCUT2D eigenvalue weighted by Crippen LogP contribution is 2.33. The van der Waals surface area contributed by atoms with Gasteiger partial charge < -0.3 is 15.2 Å². The average molecular weight is 332 g/mol. The molecule has 1 aromatic carbocycles. The quantitative estimate of drug-likeness (QED) is 0.840. The summed E-state index contributed by atoms with van der Waals surface area (Å²) in [7, 11) is 0. The number of hydrogen-bond donors (Lipinski definition) is 2. The third-order valence-electron chi connectivity index (χ3n) is 3.23. The van der Waals surface area contributed by atoms with Gasteiger partial charge in [-0.3, -0.25) is 4.79 Å². The fourth-order valence-electron chi connectivity index (χ4n) is 1.89. The van der Waals surface area contributed by atoms with Crippen LogP contribution in [0.25, 0.3) is 0 Å². The maximum Gasteiger partial charge on any atom is 0.326 e. The van der Waals surface area contributed by atoms with Crippen LogP contribution in [0.15, 0.2) is 18.2 Å². The molecule has 1 aliphatic carbocycles. The van der Waals surface area contributed by atoms with Gasteiger partial charge in [0, 0.05) is 6.07 Å². The van der Waals surface area contributed by atoms with E-state index in [0.717, 1.165) is 12.8 Å². The van der Waals surface area contributed by atoms with E-state index in [4.69, 9.17) is 33.0 Å². The second kappa shape index (κ2) is 6.54. The lowest BCUT2D eigenvalue weighted by Crippen LogP contribution is -2.47. The smallest absolute Gasteiger partial charge is 0.326 e. The van der Waals surface area contributed by atoms with Gasteiger partial charge in [-0.05, 0) is 37.8 Å². The SMILES string of the molecule is CC(Oc1ccc(Cl)c(Cl)c1)C(=O)NC(C(=O)O)C1CC1. The van der Waals surface area contributed by atoms with Crippen molar-refractivity contribution in [2.24, 2.45) is 5.92 Å². The number of benzene rings is 1. The summed E-state index contributed by atoms with van der Waals surface area (Å²) < 4.78 is 5.44. The normalized spacial score (nSPS) is 16.9. The van der Waals surface area contributed by atoms with Crippen LogP contribution in [0.3, 0.4) is 0 Å². The minimum absolute atomic E-state index is 0.0172. The van der Waals surface area contributed by atoms with Gasteiger partial charge in [0.2, 0.25) is 0 Å². The van der Waals surface area contributed by atoms with Crippen LogP contribution in [0.1, 0.15) is 19.8 Å². The van der Waals surface area contributed by atoms with Crippen molar-refractivity contribution in [3.05, 3.63) is 28.2 Å². The van der Waals surface area contributed by atoms with E-state index in [9.17, 15) is 9.59 Å². The zero-order chi connectivity index (χ0) is 15.6.